The first-order chi connectivity index (χ1) is 10.6. The topological polar surface area (TPSA) is 32.8 Å². The van der Waals surface area contributed by atoms with E-state index in [4.69, 9.17) is 16.3 Å². The van der Waals surface area contributed by atoms with Crippen molar-refractivity contribution in [2.45, 2.75) is 40.3 Å². The molecular formula is C17H27ClN2O2. The summed E-state index contributed by atoms with van der Waals surface area (Å²) < 4.78 is 5.97. The number of carbonyl (C=O) groups is 1. The fraction of sp³-hybridized carbons (Fsp3) is 0.588. The van der Waals surface area contributed by atoms with Crippen molar-refractivity contribution < 1.29 is 9.53 Å². The molecule has 0 aromatic heterocycles. The largest absolute Gasteiger partial charge is 0.469 e. The van der Waals surface area contributed by atoms with Crippen LogP contribution in [0.4, 0.5) is 0 Å². The van der Waals surface area contributed by atoms with Crippen LogP contribution in [0.1, 0.15) is 34.1 Å². The third kappa shape index (κ3) is 5.18. The van der Waals surface area contributed by atoms with Crippen molar-refractivity contribution in [2.24, 2.45) is 0 Å². The molecule has 1 aromatic carbocycles. The minimum Gasteiger partial charge on any atom is -0.469 e. The second-order valence-electron chi connectivity index (χ2n) is 5.05. The quantitative estimate of drug-likeness (QED) is 0.649. The molecule has 0 heterocycles. The standard InChI is InChI=1S/C17H27ClN2O2/c1-5-17(22-15-12-10-9-11-14(15)18)20(8-4)16(21)13-19(6-2)7-3/h9-12,17H,5-8,13H2,1-4H3. The van der Waals surface area contributed by atoms with Crippen LogP contribution in [0.25, 0.3) is 0 Å². The van der Waals surface area contributed by atoms with E-state index in [1.54, 1.807) is 11.0 Å². The molecule has 1 rings (SSSR count). The monoisotopic (exact) mass is 326 g/mol. The molecule has 0 N–H and O–H groups in total. The first kappa shape index (κ1) is 18.8. The maximum absolute atomic E-state index is 12.5. The van der Waals surface area contributed by atoms with Crippen LogP contribution < -0.4 is 4.74 Å². The van der Waals surface area contributed by atoms with Gasteiger partial charge in [-0.05, 0) is 32.1 Å². The van der Waals surface area contributed by atoms with Gasteiger partial charge < -0.3 is 9.64 Å². The van der Waals surface area contributed by atoms with E-state index in [9.17, 15) is 4.79 Å². The van der Waals surface area contributed by atoms with E-state index in [0.29, 0.717) is 30.3 Å². The zero-order chi connectivity index (χ0) is 16.5. The maximum Gasteiger partial charge on any atom is 0.239 e. The molecule has 0 fully saturated rings. The number of benzene rings is 1. The number of hydrogen-bond acceptors (Lipinski definition) is 3. The van der Waals surface area contributed by atoms with Crippen molar-refractivity contribution >= 4 is 17.5 Å². The van der Waals surface area contributed by atoms with E-state index in [1.807, 2.05) is 32.0 Å². The molecule has 5 heteroatoms. The lowest BCUT2D eigenvalue weighted by Gasteiger charge is -2.32. The van der Waals surface area contributed by atoms with Crippen LogP contribution in [0, 0.1) is 0 Å². The van der Waals surface area contributed by atoms with Gasteiger partial charge in [-0.1, -0.05) is 44.5 Å². The van der Waals surface area contributed by atoms with E-state index in [-0.39, 0.29) is 12.1 Å². The van der Waals surface area contributed by atoms with Crippen LogP contribution in [0.2, 0.25) is 5.02 Å². The lowest BCUT2D eigenvalue weighted by atomic mass is 10.3. The molecular weight excluding hydrogens is 300 g/mol. The van der Waals surface area contributed by atoms with E-state index in [1.165, 1.54) is 0 Å². The molecule has 0 aliphatic rings. The Kier molecular flexibility index (Phi) is 8.28. The number of amides is 1. The Morgan fingerprint density at radius 2 is 1.77 bits per heavy atom. The fourth-order valence-corrected chi connectivity index (χ4v) is 2.50. The summed E-state index contributed by atoms with van der Waals surface area (Å²) in [7, 11) is 0. The average molecular weight is 327 g/mol. The Balaban J connectivity index is 2.81. The molecule has 0 aliphatic carbocycles. The second-order valence-corrected chi connectivity index (χ2v) is 5.46. The van der Waals surface area contributed by atoms with Crippen LogP contribution >= 0.6 is 11.6 Å². The Hall–Kier alpha value is -1.26. The van der Waals surface area contributed by atoms with Crippen LogP contribution in [-0.4, -0.2) is 48.1 Å². The van der Waals surface area contributed by atoms with Gasteiger partial charge in [-0.15, -0.1) is 0 Å². The second kappa shape index (κ2) is 9.70. The van der Waals surface area contributed by atoms with Gasteiger partial charge in [0.15, 0.2) is 6.23 Å². The summed E-state index contributed by atoms with van der Waals surface area (Å²) in [5.41, 5.74) is 0. The highest BCUT2D eigenvalue weighted by Gasteiger charge is 2.24. The van der Waals surface area contributed by atoms with E-state index < -0.39 is 0 Å². The number of ether oxygens (including phenoxy) is 1. The predicted molar refractivity (Wildman–Crippen MR) is 91.3 cm³/mol. The summed E-state index contributed by atoms with van der Waals surface area (Å²) in [5, 5.41) is 0.563. The van der Waals surface area contributed by atoms with E-state index in [2.05, 4.69) is 18.7 Å². The van der Waals surface area contributed by atoms with Crippen molar-refractivity contribution in [3.63, 3.8) is 0 Å². The van der Waals surface area contributed by atoms with Gasteiger partial charge in [0.2, 0.25) is 5.91 Å². The fourth-order valence-electron chi connectivity index (χ4n) is 2.32. The lowest BCUT2D eigenvalue weighted by molar-refractivity contribution is -0.140. The van der Waals surface area contributed by atoms with Gasteiger partial charge in [0.05, 0.1) is 11.6 Å². The Morgan fingerprint density at radius 1 is 1.14 bits per heavy atom. The van der Waals surface area contributed by atoms with E-state index in [0.717, 1.165) is 13.1 Å². The molecule has 0 radical (unpaired) electrons. The summed E-state index contributed by atoms with van der Waals surface area (Å²) in [6.45, 7) is 10.9. The van der Waals surface area contributed by atoms with Gasteiger partial charge in [0.25, 0.3) is 0 Å². The van der Waals surface area contributed by atoms with Crippen LogP contribution in [0.3, 0.4) is 0 Å². The Labute approximate surface area is 139 Å². The maximum atomic E-state index is 12.5. The number of carbonyl (C=O) groups excluding carboxylic acids is 1. The molecule has 0 spiro atoms. The molecule has 1 aromatic rings. The normalized spacial score (nSPS) is 12.3. The minimum absolute atomic E-state index is 0.0881. The summed E-state index contributed by atoms with van der Waals surface area (Å²) in [4.78, 5) is 16.4. The Morgan fingerprint density at radius 3 is 2.27 bits per heavy atom. The molecule has 0 bridgehead atoms. The van der Waals surface area contributed by atoms with Crippen LogP contribution in [0.5, 0.6) is 5.75 Å². The number of hydrogen-bond donors (Lipinski definition) is 0. The van der Waals surface area contributed by atoms with Crippen LogP contribution in [-0.2, 0) is 4.79 Å². The number of halogens is 1. The Bertz CT molecular complexity index is 464. The average Bonchev–Trinajstić information content (AvgIpc) is 2.54. The molecule has 1 amide bonds. The summed E-state index contributed by atoms with van der Waals surface area (Å²) in [5.74, 6) is 0.704. The van der Waals surface area contributed by atoms with Crippen molar-refractivity contribution in [1.82, 2.24) is 9.80 Å². The summed E-state index contributed by atoms with van der Waals surface area (Å²) >= 11 is 6.15. The zero-order valence-corrected chi connectivity index (χ0v) is 14.8. The third-order valence-electron chi connectivity index (χ3n) is 3.71. The number of para-hydroxylation sites is 1. The minimum atomic E-state index is -0.298. The summed E-state index contributed by atoms with van der Waals surface area (Å²) in [6.07, 6.45) is 0.413. The first-order valence-corrected chi connectivity index (χ1v) is 8.38. The number of likely N-dealkylation sites (N-methyl/N-ethyl adjacent to an activating group) is 2. The summed E-state index contributed by atoms with van der Waals surface area (Å²) in [6, 6.07) is 7.35. The molecule has 0 saturated heterocycles. The molecule has 1 unspecified atom stereocenters. The van der Waals surface area contributed by atoms with Crippen molar-refractivity contribution in [3.8, 4) is 5.75 Å². The van der Waals surface area contributed by atoms with E-state index >= 15 is 0 Å². The highest BCUT2D eigenvalue weighted by molar-refractivity contribution is 6.32. The van der Waals surface area contributed by atoms with Gasteiger partial charge in [-0.2, -0.15) is 0 Å². The predicted octanol–water partition coefficient (Wildman–Crippen LogP) is 3.65. The lowest BCUT2D eigenvalue weighted by Crippen LogP contribution is -2.47. The molecule has 0 aliphatic heterocycles. The molecule has 124 valence electrons. The zero-order valence-electron chi connectivity index (χ0n) is 14.0. The highest BCUT2D eigenvalue weighted by atomic mass is 35.5. The number of rotatable bonds is 9. The van der Waals surface area contributed by atoms with Gasteiger partial charge in [0, 0.05) is 13.0 Å². The van der Waals surface area contributed by atoms with Gasteiger partial charge in [-0.25, -0.2) is 0 Å². The molecule has 1 atom stereocenters. The highest BCUT2D eigenvalue weighted by Crippen LogP contribution is 2.25. The van der Waals surface area contributed by atoms with Crippen molar-refractivity contribution in [1.29, 1.82) is 0 Å². The third-order valence-corrected chi connectivity index (χ3v) is 4.02. The first-order valence-electron chi connectivity index (χ1n) is 8.00. The molecule has 22 heavy (non-hydrogen) atoms. The SMILES string of the molecule is CCC(Oc1ccccc1Cl)N(CC)C(=O)CN(CC)CC. The van der Waals surface area contributed by atoms with Gasteiger partial charge in [-0.3, -0.25) is 9.69 Å². The smallest absolute Gasteiger partial charge is 0.239 e. The van der Waals surface area contributed by atoms with Gasteiger partial charge >= 0.3 is 0 Å². The molecule has 0 saturated carbocycles. The number of nitrogens with zero attached hydrogens (tertiary/aromatic N) is 2. The van der Waals surface area contributed by atoms with Crippen molar-refractivity contribution in [2.75, 3.05) is 26.2 Å². The van der Waals surface area contributed by atoms with Crippen LogP contribution in [0.15, 0.2) is 24.3 Å². The molecule has 4 nitrogen and oxygen atoms in total. The van der Waals surface area contributed by atoms with Gasteiger partial charge in [0.1, 0.15) is 5.75 Å². The van der Waals surface area contributed by atoms with Crippen molar-refractivity contribution in [3.05, 3.63) is 29.3 Å².